The fourth-order valence-electron chi connectivity index (χ4n) is 3.08. The van der Waals surface area contributed by atoms with Gasteiger partial charge in [0.1, 0.15) is 17.4 Å². The Balaban J connectivity index is 2.26. The van der Waals surface area contributed by atoms with Gasteiger partial charge in [-0.05, 0) is 23.8 Å². The van der Waals surface area contributed by atoms with Crippen molar-refractivity contribution in [3.8, 4) is 29.1 Å². The van der Waals surface area contributed by atoms with Crippen molar-refractivity contribution in [2.45, 2.75) is 5.92 Å². The first-order valence-electron chi connectivity index (χ1n) is 7.81. The Morgan fingerprint density at radius 2 is 1.65 bits per heavy atom. The molecular weight excluding hydrogens is 334 g/mol. The highest BCUT2D eigenvalue weighted by atomic mass is 16.5. The minimum absolute atomic E-state index is 0.0457. The lowest BCUT2D eigenvalue weighted by Gasteiger charge is -2.27. The number of nitrogens with zero attached hydrogens (tertiary/aromatic N) is 1. The molecule has 4 N–H and O–H groups in total. The lowest BCUT2D eigenvalue weighted by molar-refractivity contribution is 0.323. The lowest BCUT2D eigenvalue weighted by atomic mass is 9.83. The Hall–Kier alpha value is -3.53. The number of hydrogen-bond acceptors (Lipinski definition) is 7. The molecule has 0 unspecified atom stereocenters. The van der Waals surface area contributed by atoms with E-state index in [0.717, 1.165) is 11.1 Å². The summed E-state index contributed by atoms with van der Waals surface area (Å²) in [6.45, 7) is 0. The van der Waals surface area contributed by atoms with Crippen LogP contribution in [0.2, 0.25) is 0 Å². The highest BCUT2D eigenvalue weighted by Crippen LogP contribution is 2.47. The van der Waals surface area contributed by atoms with Gasteiger partial charge in [-0.15, -0.1) is 0 Å². The number of benzene rings is 2. The fourth-order valence-corrected chi connectivity index (χ4v) is 3.08. The Morgan fingerprint density at radius 3 is 2.19 bits per heavy atom. The molecule has 0 bridgehead atoms. The van der Waals surface area contributed by atoms with Crippen molar-refractivity contribution in [3.63, 3.8) is 0 Å². The van der Waals surface area contributed by atoms with E-state index in [4.69, 9.17) is 30.4 Å². The van der Waals surface area contributed by atoms with Gasteiger partial charge in [-0.25, -0.2) is 0 Å². The quantitative estimate of drug-likeness (QED) is 0.812. The molecule has 1 heterocycles. The van der Waals surface area contributed by atoms with Crippen LogP contribution in [0.1, 0.15) is 17.0 Å². The molecule has 0 amide bonds. The van der Waals surface area contributed by atoms with E-state index in [9.17, 15) is 5.26 Å². The molecule has 1 atom stereocenters. The first kappa shape index (κ1) is 17.3. The molecule has 0 saturated carbocycles. The van der Waals surface area contributed by atoms with Gasteiger partial charge in [-0.2, -0.15) is 5.26 Å². The Bertz CT molecular complexity index is 906. The molecule has 0 spiro atoms. The molecule has 0 aliphatic carbocycles. The molecule has 134 valence electrons. The second kappa shape index (κ2) is 6.76. The van der Waals surface area contributed by atoms with E-state index in [1.807, 2.05) is 6.07 Å². The summed E-state index contributed by atoms with van der Waals surface area (Å²) in [5.41, 5.74) is 14.2. The first-order chi connectivity index (χ1) is 12.5. The van der Waals surface area contributed by atoms with Crippen molar-refractivity contribution in [2.75, 3.05) is 27.1 Å². The summed E-state index contributed by atoms with van der Waals surface area (Å²) in [7, 11) is 4.61. The van der Waals surface area contributed by atoms with E-state index >= 15 is 0 Å². The van der Waals surface area contributed by atoms with Gasteiger partial charge < -0.3 is 30.4 Å². The predicted molar refractivity (Wildman–Crippen MR) is 96.2 cm³/mol. The maximum Gasteiger partial charge on any atom is 0.205 e. The van der Waals surface area contributed by atoms with Gasteiger partial charge in [0.25, 0.3) is 0 Å². The molecule has 26 heavy (non-hydrogen) atoms. The van der Waals surface area contributed by atoms with E-state index in [2.05, 4.69) is 6.07 Å². The van der Waals surface area contributed by atoms with Gasteiger partial charge in [0, 0.05) is 17.3 Å². The molecule has 1 aliphatic rings. The number of fused-ring (bicyclic) bond motifs is 1. The van der Waals surface area contributed by atoms with Crippen molar-refractivity contribution in [1.82, 2.24) is 0 Å². The Kier molecular flexibility index (Phi) is 4.50. The highest BCUT2D eigenvalue weighted by Gasteiger charge is 2.32. The minimum Gasteiger partial charge on any atom is -0.493 e. The normalized spacial score (nSPS) is 15.5. The average molecular weight is 353 g/mol. The van der Waals surface area contributed by atoms with Crippen LogP contribution in [-0.2, 0) is 0 Å². The summed E-state index contributed by atoms with van der Waals surface area (Å²) in [5, 5.41) is 9.65. The summed E-state index contributed by atoms with van der Waals surface area (Å²) in [6.07, 6.45) is 0. The summed E-state index contributed by atoms with van der Waals surface area (Å²) in [6, 6.07) is 11.0. The number of allylic oxidation sites excluding steroid dienone is 1. The zero-order valence-corrected chi connectivity index (χ0v) is 14.7. The van der Waals surface area contributed by atoms with Gasteiger partial charge in [-0.1, -0.05) is 6.07 Å². The van der Waals surface area contributed by atoms with Gasteiger partial charge in [0.05, 0.1) is 27.2 Å². The number of anilines is 1. The third-order valence-corrected chi connectivity index (χ3v) is 4.26. The lowest BCUT2D eigenvalue weighted by Crippen LogP contribution is -2.21. The summed E-state index contributed by atoms with van der Waals surface area (Å²) in [5.74, 6) is 1.56. The van der Waals surface area contributed by atoms with Crippen LogP contribution in [0.3, 0.4) is 0 Å². The van der Waals surface area contributed by atoms with E-state index < -0.39 is 5.92 Å². The molecule has 7 nitrogen and oxygen atoms in total. The number of rotatable bonds is 4. The summed E-state index contributed by atoms with van der Waals surface area (Å²) >= 11 is 0. The minimum atomic E-state index is -0.446. The molecule has 1 aliphatic heterocycles. The number of nitrogen functional groups attached to an aromatic ring is 1. The predicted octanol–water partition coefficient (Wildman–Crippen LogP) is 2.51. The molecule has 2 aromatic rings. The largest absolute Gasteiger partial charge is 0.493 e. The Labute approximate surface area is 151 Å². The SMILES string of the molecule is COc1cc([C@H]2C(C#N)=C(N)Oc3cc(N)ccc32)cc(OC)c1OC. The molecule has 2 aromatic carbocycles. The maximum absolute atomic E-state index is 9.65. The second-order valence-electron chi connectivity index (χ2n) is 5.68. The first-order valence-corrected chi connectivity index (χ1v) is 7.81. The van der Waals surface area contributed by atoms with E-state index in [1.54, 1.807) is 24.3 Å². The average Bonchev–Trinajstić information content (AvgIpc) is 2.65. The van der Waals surface area contributed by atoms with Crippen molar-refractivity contribution in [2.24, 2.45) is 5.73 Å². The number of ether oxygens (including phenoxy) is 4. The third-order valence-electron chi connectivity index (χ3n) is 4.26. The monoisotopic (exact) mass is 353 g/mol. The van der Waals surface area contributed by atoms with E-state index in [0.29, 0.717) is 34.3 Å². The number of methoxy groups -OCH3 is 3. The van der Waals surface area contributed by atoms with Crippen LogP contribution in [0.15, 0.2) is 41.8 Å². The van der Waals surface area contributed by atoms with Crippen molar-refractivity contribution in [1.29, 1.82) is 5.26 Å². The molecular formula is C19H19N3O4. The van der Waals surface area contributed by atoms with Crippen molar-refractivity contribution < 1.29 is 18.9 Å². The van der Waals surface area contributed by atoms with Crippen molar-refractivity contribution in [3.05, 3.63) is 52.9 Å². The highest BCUT2D eigenvalue weighted by molar-refractivity contribution is 5.63. The fraction of sp³-hybridized carbons (Fsp3) is 0.211. The smallest absolute Gasteiger partial charge is 0.205 e. The molecule has 0 fully saturated rings. The van der Waals surface area contributed by atoms with Crippen LogP contribution >= 0.6 is 0 Å². The summed E-state index contributed by atoms with van der Waals surface area (Å²) < 4.78 is 21.8. The molecule has 7 heteroatoms. The zero-order chi connectivity index (χ0) is 18.8. The van der Waals surface area contributed by atoms with Crippen LogP contribution in [0, 0.1) is 11.3 Å². The van der Waals surface area contributed by atoms with Gasteiger partial charge in [0.2, 0.25) is 11.6 Å². The van der Waals surface area contributed by atoms with Crippen molar-refractivity contribution >= 4 is 5.69 Å². The summed E-state index contributed by atoms with van der Waals surface area (Å²) in [4.78, 5) is 0. The van der Waals surface area contributed by atoms with E-state index in [1.165, 1.54) is 21.3 Å². The third kappa shape index (κ3) is 2.71. The van der Waals surface area contributed by atoms with Gasteiger partial charge in [-0.3, -0.25) is 0 Å². The number of hydrogen-bond donors (Lipinski definition) is 2. The van der Waals surface area contributed by atoms with Crippen LogP contribution in [-0.4, -0.2) is 21.3 Å². The molecule has 0 saturated heterocycles. The van der Waals surface area contributed by atoms with Crippen LogP contribution in [0.5, 0.6) is 23.0 Å². The van der Waals surface area contributed by atoms with Gasteiger partial charge in [0.15, 0.2) is 11.5 Å². The second-order valence-corrected chi connectivity index (χ2v) is 5.68. The van der Waals surface area contributed by atoms with E-state index in [-0.39, 0.29) is 5.88 Å². The zero-order valence-electron chi connectivity index (χ0n) is 14.7. The molecule has 3 rings (SSSR count). The maximum atomic E-state index is 9.65. The van der Waals surface area contributed by atoms with Crippen LogP contribution < -0.4 is 30.4 Å². The molecule has 0 radical (unpaired) electrons. The molecule has 0 aromatic heterocycles. The standard InChI is InChI=1S/C19H19N3O4/c1-23-15-6-10(7-16(24-2)18(15)25-3)17-12-5-4-11(21)8-14(12)26-19(22)13(17)9-20/h4-8,17H,21-22H2,1-3H3/t17-/m1/s1. The Morgan fingerprint density at radius 1 is 1.00 bits per heavy atom. The topological polar surface area (TPSA) is 113 Å². The number of nitrogens with two attached hydrogens (primary N) is 2. The van der Waals surface area contributed by atoms with Crippen LogP contribution in [0.25, 0.3) is 0 Å². The van der Waals surface area contributed by atoms with Crippen LogP contribution in [0.4, 0.5) is 5.69 Å². The number of nitriles is 1. The van der Waals surface area contributed by atoms with Gasteiger partial charge >= 0.3 is 0 Å².